The fourth-order valence-electron chi connectivity index (χ4n) is 10.3. The quantitative estimate of drug-likeness (QED) is 0.0211. The summed E-state index contributed by atoms with van der Waals surface area (Å²) >= 11 is 0. The Balaban J connectivity index is 4.07. The molecule has 87 heavy (non-hydrogen) atoms. The van der Waals surface area contributed by atoms with Crippen LogP contribution in [0.2, 0.25) is 0 Å². The van der Waals surface area contributed by atoms with E-state index in [0.717, 1.165) is 83.5 Å². The molecular weight excluding hydrogens is 1080 g/mol. The highest BCUT2D eigenvalue weighted by molar-refractivity contribution is 5.71. The van der Waals surface area contributed by atoms with Crippen LogP contribution >= 0.6 is 0 Å². The number of carboxylic acids is 1. The molecule has 0 saturated carbocycles. The maximum atomic E-state index is 13.0. The molecule has 0 heterocycles. The van der Waals surface area contributed by atoms with Crippen molar-refractivity contribution in [1.29, 1.82) is 0 Å². The minimum atomic E-state index is -1.51. The summed E-state index contributed by atoms with van der Waals surface area (Å²) in [7, 11) is 5.98. The van der Waals surface area contributed by atoms with Crippen molar-refractivity contribution in [2.24, 2.45) is 0 Å². The molecule has 2 atom stereocenters. The lowest BCUT2D eigenvalue weighted by atomic mass is 10.0. The van der Waals surface area contributed by atoms with Gasteiger partial charge in [0.25, 0.3) is 6.29 Å². The van der Waals surface area contributed by atoms with Crippen molar-refractivity contribution >= 4 is 17.9 Å². The van der Waals surface area contributed by atoms with Crippen LogP contribution in [0.3, 0.4) is 0 Å². The minimum absolute atomic E-state index is 0.183. The van der Waals surface area contributed by atoms with E-state index in [9.17, 15) is 19.5 Å². The molecule has 0 spiro atoms. The number of quaternary nitrogens is 1. The van der Waals surface area contributed by atoms with Gasteiger partial charge in [0.15, 0.2) is 6.10 Å². The van der Waals surface area contributed by atoms with Crippen LogP contribution in [0.15, 0.2) is 97.2 Å². The number of carbonyl (C=O) groups excluding carboxylic acids is 2. The zero-order valence-electron chi connectivity index (χ0n) is 57.4. The average molecular weight is 1220 g/mol. The van der Waals surface area contributed by atoms with Gasteiger partial charge in [-0.15, -0.1) is 0 Å². The molecule has 0 amide bonds. The van der Waals surface area contributed by atoms with Gasteiger partial charge in [0.2, 0.25) is 0 Å². The van der Waals surface area contributed by atoms with Crippen LogP contribution in [0.5, 0.6) is 0 Å². The number of nitrogens with zero attached hydrogens (tertiary/aromatic N) is 1. The molecule has 0 aromatic rings. The number of aliphatic carboxylic acids is 1. The van der Waals surface area contributed by atoms with E-state index in [1.54, 1.807) is 0 Å². The Bertz CT molecular complexity index is 1750. The third kappa shape index (κ3) is 69.5. The van der Waals surface area contributed by atoms with Gasteiger partial charge in [0.1, 0.15) is 13.2 Å². The van der Waals surface area contributed by atoms with E-state index >= 15 is 0 Å². The van der Waals surface area contributed by atoms with Crippen LogP contribution < -0.4 is 0 Å². The normalized spacial score (nSPS) is 13.3. The van der Waals surface area contributed by atoms with Crippen LogP contribution in [0.4, 0.5) is 0 Å². The van der Waals surface area contributed by atoms with E-state index < -0.39 is 24.3 Å². The highest BCUT2D eigenvalue weighted by Gasteiger charge is 2.25. The Morgan fingerprint density at radius 2 is 0.655 bits per heavy atom. The summed E-state index contributed by atoms with van der Waals surface area (Å²) in [6.07, 6.45) is 91.0. The fourth-order valence-corrected chi connectivity index (χ4v) is 10.3. The van der Waals surface area contributed by atoms with E-state index in [1.165, 1.54) is 212 Å². The minimum Gasteiger partial charge on any atom is -0.477 e. The Kier molecular flexibility index (Phi) is 65.2. The predicted octanol–water partition coefficient (Wildman–Crippen LogP) is 22.8. The molecule has 0 radical (unpaired) electrons. The van der Waals surface area contributed by atoms with Crippen molar-refractivity contribution in [2.75, 3.05) is 47.5 Å². The molecule has 0 aliphatic carbocycles. The number of hydrogen-bond acceptors (Lipinski definition) is 7. The van der Waals surface area contributed by atoms with Crippen molar-refractivity contribution in [1.82, 2.24) is 0 Å². The first-order valence-corrected chi connectivity index (χ1v) is 36.4. The van der Waals surface area contributed by atoms with Crippen LogP contribution in [-0.2, 0) is 33.3 Å². The molecule has 9 nitrogen and oxygen atoms in total. The van der Waals surface area contributed by atoms with Gasteiger partial charge >= 0.3 is 17.9 Å². The largest absolute Gasteiger partial charge is 0.477 e. The molecule has 0 aromatic heterocycles. The summed E-state index contributed by atoms with van der Waals surface area (Å²) in [5.74, 6) is -1.99. The average Bonchev–Trinajstić information content (AvgIpc) is 3.56. The highest BCUT2D eigenvalue weighted by atomic mass is 16.7. The number of hydrogen-bond donors (Lipinski definition) is 1. The maximum absolute atomic E-state index is 13.0. The lowest BCUT2D eigenvalue weighted by Gasteiger charge is -2.25. The molecule has 0 aromatic carbocycles. The fraction of sp³-hybridized carbons (Fsp3) is 0.756. The zero-order valence-corrected chi connectivity index (χ0v) is 57.4. The molecule has 9 heteroatoms. The summed E-state index contributed by atoms with van der Waals surface area (Å²) in [6, 6.07) is 0. The number of carbonyl (C=O) groups is 3. The molecule has 0 rings (SSSR count). The van der Waals surface area contributed by atoms with Crippen LogP contribution in [-0.4, -0.2) is 87.4 Å². The molecule has 0 fully saturated rings. The first kappa shape index (κ1) is 83.2. The second-order valence-corrected chi connectivity index (χ2v) is 25.5. The Labute approximate surface area is 537 Å². The number of esters is 2. The molecule has 2 unspecified atom stereocenters. The van der Waals surface area contributed by atoms with Crippen LogP contribution in [0.1, 0.15) is 322 Å². The molecule has 1 N–H and O–H groups in total. The Hall–Kier alpha value is -3.79. The van der Waals surface area contributed by atoms with Gasteiger partial charge < -0.3 is 28.5 Å². The smallest absolute Gasteiger partial charge is 0.361 e. The summed E-state index contributed by atoms with van der Waals surface area (Å²) in [6.45, 7) is 4.79. The molecule has 0 aliphatic rings. The van der Waals surface area contributed by atoms with E-state index in [4.69, 9.17) is 18.9 Å². The van der Waals surface area contributed by atoms with Gasteiger partial charge in [-0.05, 0) is 96.3 Å². The Morgan fingerprint density at radius 3 is 0.977 bits per heavy atom. The topological polar surface area (TPSA) is 108 Å². The second kappa shape index (κ2) is 68.1. The first-order valence-electron chi connectivity index (χ1n) is 36.4. The number of allylic oxidation sites excluding steroid dienone is 16. The molecule has 0 saturated heterocycles. The number of carboxylic acid groups (broad SMARTS) is 1. The third-order valence-electron chi connectivity index (χ3n) is 15.8. The lowest BCUT2D eigenvalue weighted by Crippen LogP contribution is -2.40. The molecular formula is C78H138NO8+. The van der Waals surface area contributed by atoms with Crippen molar-refractivity contribution in [2.45, 2.75) is 334 Å². The predicted molar refractivity (Wildman–Crippen MR) is 373 cm³/mol. The second-order valence-electron chi connectivity index (χ2n) is 25.5. The summed E-state index contributed by atoms with van der Waals surface area (Å²) in [4.78, 5) is 37.7. The van der Waals surface area contributed by atoms with Gasteiger partial charge in [-0.3, -0.25) is 9.59 Å². The molecule has 502 valence electrons. The van der Waals surface area contributed by atoms with Crippen molar-refractivity contribution < 1.29 is 42.9 Å². The third-order valence-corrected chi connectivity index (χ3v) is 15.8. The van der Waals surface area contributed by atoms with Gasteiger partial charge in [0, 0.05) is 12.8 Å². The van der Waals surface area contributed by atoms with Gasteiger partial charge in [-0.25, -0.2) is 4.79 Å². The molecule has 0 aliphatic heterocycles. The number of likely N-dealkylation sites (N-methyl/N-ethyl adjacent to an activating group) is 1. The standard InChI is InChI=1S/C78H137NO8/c1-6-8-10-12-14-16-18-20-22-24-26-28-30-32-34-35-36-37-38-39-40-41-43-45-47-49-51-53-55-57-59-61-63-65-67-69-76(81)87-74(73-86-78(77(82)83)84-71-70-79(3,4)5)72-85-75(80)68-66-64-62-60-58-56-54-52-50-48-46-44-42-33-31-29-27-25-23-21-19-17-15-13-11-9-7-2/h8,10,14,16,19-22,25-28,31-34,74,78H,6-7,9,11-13,15,17-18,23-24,29-30,35-73H2,1-5H3/p+1/b10-8-,16-14-,21-19-,22-20-,27-25-,28-26-,33-31-,34-32-. The van der Waals surface area contributed by atoms with E-state index in [-0.39, 0.29) is 32.2 Å². The first-order chi connectivity index (χ1) is 42.6. The van der Waals surface area contributed by atoms with Crippen molar-refractivity contribution in [3.63, 3.8) is 0 Å². The van der Waals surface area contributed by atoms with E-state index in [1.807, 2.05) is 21.1 Å². The van der Waals surface area contributed by atoms with Gasteiger partial charge in [-0.1, -0.05) is 310 Å². The summed E-state index contributed by atoms with van der Waals surface area (Å²) < 4.78 is 23.0. The maximum Gasteiger partial charge on any atom is 0.361 e. The van der Waals surface area contributed by atoms with Crippen LogP contribution in [0, 0.1) is 0 Å². The van der Waals surface area contributed by atoms with E-state index in [2.05, 4.69) is 111 Å². The summed E-state index contributed by atoms with van der Waals surface area (Å²) in [5.41, 5.74) is 0. The number of rotatable bonds is 67. The molecule has 0 bridgehead atoms. The summed E-state index contributed by atoms with van der Waals surface area (Å²) in [5, 5.41) is 9.76. The SMILES string of the molecule is CC/C=C\C/C=C\C/C=C\C/C=C\C/C=C\CCCCCCCCCCCCCCCCCCCCCC(=O)OC(COC(=O)CCCCCCCCCCCCCC/C=C\C/C=C\C/C=C\CCCCCCC)COC(OCC[N+](C)(C)C)C(=O)O. The number of unbranched alkanes of at least 4 members (excludes halogenated alkanes) is 36. The van der Waals surface area contributed by atoms with Gasteiger partial charge in [0.05, 0.1) is 34.4 Å². The lowest BCUT2D eigenvalue weighted by molar-refractivity contribution is -0.870. The highest BCUT2D eigenvalue weighted by Crippen LogP contribution is 2.18. The van der Waals surface area contributed by atoms with Crippen molar-refractivity contribution in [3.8, 4) is 0 Å². The number of ether oxygens (including phenoxy) is 4. The van der Waals surface area contributed by atoms with Crippen LogP contribution in [0.25, 0.3) is 0 Å². The monoisotopic (exact) mass is 1220 g/mol. The van der Waals surface area contributed by atoms with Gasteiger partial charge in [-0.2, -0.15) is 0 Å². The van der Waals surface area contributed by atoms with E-state index in [0.29, 0.717) is 17.4 Å². The zero-order chi connectivity index (χ0) is 63.3. The Morgan fingerprint density at radius 1 is 0.356 bits per heavy atom. The van der Waals surface area contributed by atoms with Crippen molar-refractivity contribution in [3.05, 3.63) is 97.2 Å².